The van der Waals surface area contributed by atoms with Crippen LogP contribution in [0.4, 0.5) is 0 Å². The van der Waals surface area contributed by atoms with Crippen LogP contribution < -0.4 is 5.32 Å². The van der Waals surface area contributed by atoms with Crippen LogP contribution in [0.2, 0.25) is 0 Å². The smallest absolute Gasteiger partial charge is 0.303 e. The molecule has 3 aliphatic rings. The molecule has 0 amide bonds. The molecule has 3 N–H and O–H groups in total. The van der Waals surface area contributed by atoms with E-state index in [-0.39, 0.29) is 0 Å². The van der Waals surface area contributed by atoms with E-state index < -0.39 is 5.97 Å². The lowest BCUT2D eigenvalue weighted by molar-refractivity contribution is -0.138. The molecule has 1 saturated heterocycles. The highest BCUT2D eigenvalue weighted by Crippen LogP contribution is 2.39. The van der Waals surface area contributed by atoms with Gasteiger partial charge in [0.05, 0.1) is 0 Å². The fourth-order valence-electron chi connectivity index (χ4n) is 5.71. The number of piperidine rings is 1. The summed E-state index contributed by atoms with van der Waals surface area (Å²) in [6.45, 7) is 2.90. The molecular formula is C26H33N5O2. The molecule has 1 aromatic carbocycles. The molecule has 0 atom stereocenters. The number of H-pyrrole nitrogens is 1. The summed E-state index contributed by atoms with van der Waals surface area (Å²) in [6.07, 6.45) is 11.7. The zero-order chi connectivity index (χ0) is 22.6. The van der Waals surface area contributed by atoms with Crippen molar-refractivity contribution < 1.29 is 9.90 Å². The first-order valence-electron chi connectivity index (χ1n) is 12.3. The van der Waals surface area contributed by atoms with E-state index in [2.05, 4.69) is 37.6 Å². The van der Waals surface area contributed by atoms with Crippen molar-refractivity contribution in [3.8, 4) is 11.4 Å². The minimum atomic E-state index is -0.642. The molecule has 1 aliphatic carbocycles. The van der Waals surface area contributed by atoms with E-state index in [0.29, 0.717) is 12.3 Å². The summed E-state index contributed by atoms with van der Waals surface area (Å²) in [5.74, 6) is 4.05. The van der Waals surface area contributed by atoms with Gasteiger partial charge in [-0.25, -0.2) is 4.98 Å². The van der Waals surface area contributed by atoms with E-state index in [9.17, 15) is 4.79 Å². The first-order valence-corrected chi connectivity index (χ1v) is 12.3. The minimum Gasteiger partial charge on any atom is -0.481 e. The van der Waals surface area contributed by atoms with Crippen molar-refractivity contribution in [1.29, 1.82) is 0 Å². The van der Waals surface area contributed by atoms with Crippen LogP contribution in [-0.4, -0.2) is 50.8 Å². The zero-order valence-corrected chi connectivity index (χ0v) is 19.0. The van der Waals surface area contributed by atoms with Crippen LogP contribution in [0.3, 0.4) is 0 Å². The number of aliphatic carboxylic acids is 1. The Morgan fingerprint density at radius 1 is 1.00 bits per heavy atom. The number of aromatic amines is 1. The Morgan fingerprint density at radius 2 is 1.73 bits per heavy atom. The summed E-state index contributed by atoms with van der Waals surface area (Å²) in [6, 6.07) is 10.1. The van der Waals surface area contributed by atoms with Crippen molar-refractivity contribution in [2.45, 2.75) is 44.9 Å². The van der Waals surface area contributed by atoms with E-state index in [4.69, 9.17) is 5.11 Å². The van der Waals surface area contributed by atoms with Crippen LogP contribution in [-0.2, 0) is 4.79 Å². The summed E-state index contributed by atoms with van der Waals surface area (Å²) in [5, 5.41) is 20.1. The number of carboxylic acids is 1. The Balaban J connectivity index is 1.13. The molecule has 174 valence electrons. The normalized spacial score (nSPS) is 24.1. The summed E-state index contributed by atoms with van der Waals surface area (Å²) in [7, 11) is 0. The summed E-state index contributed by atoms with van der Waals surface area (Å²) < 4.78 is 0. The molecule has 7 nitrogen and oxygen atoms in total. The number of nitrogens with one attached hydrogen (secondary N) is 2. The molecule has 1 aromatic heterocycles. The lowest BCUT2D eigenvalue weighted by atomic mass is 9.72. The third-order valence-corrected chi connectivity index (χ3v) is 7.62. The highest BCUT2D eigenvalue weighted by Gasteiger charge is 2.31. The third-order valence-electron chi connectivity index (χ3n) is 7.62. The fraction of sp³-hybridized carbons (Fsp3) is 0.500. The average Bonchev–Trinajstić information content (AvgIpc) is 3.36. The number of aromatic nitrogens is 3. The maximum Gasteiger partial charge on any atom is 0.303 e. The molecule has 33 heavy (non-hydrogen) atoms. The monoisotopic (exact) mass is 447 g/mol. The van der Waals surface area contributed by atoms with Gasteiger partial charge in [-0.05, 0) is 68.4 Å². The quantitative estimate of drug-likeness (QED) is 0.612. The molecule has 1 saturated carbocycles. The second-order valence-electron chi connectivity index (χ2n) is 9.67. The van der Waals surface area contributed by atoms with E-state index >= 15 is 0 Å². The standard InChI is InChI=1S/C26H33N5O2/c32-24(33)16-18-6-8-19(9-7-18)20-12-14-31(15-13-20)23-11-10-22(17-27-23)26-28-25(29-30-26)21-4-2-1-3-5-21/h1-5,10-11,18-20,27H,6-9,12-17H2,(H,32,33)(H,28,29,30). The van der Waals surface area contributed by atoms with Gasteiger partial charge in [0.1, 0.15) is 5.82 Å². The number of nitrogens with zero attached hydrogens (tertiary/aromatic N) is 3. The van der Waals surface area contributed by atoms with Gasteiger partial charge in [0, 0.05) is 37.2 Å². The van der Waals surface area contributed by atoms with Crippen LogP contribution in [0.5, 0.6) is 0 Å². The van der Waals surface area contributed by atoms with Gasteiger partial charge in [-0.3, -0.25) is 9.89 Å². The van der Waals surface area contributed by atoms with Crippen molar-refractivity contribution in [2.24, 2.45) is 17.8 Å². The maximum atomic E-state index is 11.0. The fourth-order valence-corrected chi connectivity index (χ4v) is 5.71. The number of hydrogen-bond donors (Lipinski definition) is 3. The Hall–Kier alpha value is -3.09. The van der Waals surface area contributed by atoms with Gasteiger partial charge in [0.15, 0.2) is 11.6 Å². The van der Waals surface area contributed by atoms with Crippen molar-refractivity contribution in [3.05, 3.63) is 54.1 Å². The molecule has 2 fully saturated rings. The molecular weight excluding hydrogens is 414 g/mol. The Bertz CT molecular complexity index is 1010. The highest BCUT2D eigenvalue weighted by atomic mass is 16.4. The van der Waals surface area contributed by atoms with Crippen LogP contribution in [0.15, 0.2) is 48.3 Å². The van der Waals surface area contributed by atoms with Crippen LogP contribution >= 0.6 is 0 Å². The molecule has 7 heteroatoms. The summed E-state index contributed by atoms with van der Waals surface area (Å²) in [4.78, 5) is 18.1. The Labute approximate surface area is 195 Å². The zero-order valence-electron chi connectivity index (χ0n) is 19.0. The lowest BCUT2D eigenvalue weighted by Crippen LogP contribution is -2.41. The van der Waals surface area contributed by atoms with Gasteiger partial charge in [-0.2, -0.15) is 5.10 Å². The largest absolute Gasteiger partial charge is 0.481 e. The molecule has 0 radical (unpaired) electrons. The van der Waals surface area contributed by atoms with E-state index in [0.717, 1.165) is 67.1 Å². The predicted molar refractivity (Wildman–Crippen MR) is 128 cm³/mol. The highest BCUT2D eigenvalue weighted by molar-refractivity contribution is 5.67. The van der Waals surface area contributed by atoms with Crippen molar-refractivity contribution in [1.82, 2.24) is 25.4 Å². The first kappa shape index (κ1) is 21.7. The number of hydrogen-bond acceptors (Lipinski definition) is 5. The van der Waals surface area contributed by atoms with Crippen molar-refractivity contribution >= 4 is 11.5 Å². The van der Waals surface area contributed by atoms with Crippen molar-refractivity contribution in [2.75, 3.05) is 19.6 Å². The Morgan fingerprint density at radius 3 is 2.39 bits per heavy atom. The third kappa shape index (κ3) is 5.13. The number of allylic oxidation sites excluding steroid dienone is 2. The minimum absolute atomic E-state index is 0.349. The van der Waals surface area contributed by atoms with Crippen molar-refractivity contribution in [3.63, 3.8) is 0 Å². The van der Waals surface area contributed by atoms with Gasteiger partial charge < -0.3 is 15.3 Å². The molecule has 2 aromatic rings. The number of carboxylic acid groups (broad SMARTS) is 1. The molecule has 2 aliphatic heterocycles. The van der Waals surface area contributed by atoms with Gasteiger partial charge in [0.25, 0.3) is 0 Å². The number of rotatable bonds is 6. The van der Waals surface area contributed by atoms with Crippen LogP contribution in [0.1, 0.15) is 50.8 Å². The molecule has 0 unspecified atom stereocenters. The van der Waals surface area contributed by atoms with Crippen LogP contribution in [0, 0.1) is 17.8 Å². The topological polar surface area (TPSA) is 94.1 Å². The first-order chi connectivity index (χ1) is 16.2. The second kappa shape index (κ2) is 9.81. The number of dihydropyridines is 1. The molecule has 0 bridgehead atoms. The number of benzene rings is 1. The Kier molecular flexibility index (Phi) is 6.46. The van der Waals surface area contributed by atoms with Gasteiger partial charge in [-0.15, -0.1) is 0 Å². The van der Waals surface area contributed by atoms with Gasteiger partial charge in [-0.1, -0.05) is 30.3 Å². The second-order valence-corrected chi connectivity index (χ2v) is 9.67. The lowest BCUT2D eigenvalue weighted by Gasteiger charge is -2.41. The SMILES string of the molecule is O=C(O)CC1CCC(C2CCN(C3=CC=C(c4n[nH]c(-c5ccccc5)n4)CN3)CC2)CC1. The van der Waals surface area contributed by atoms with Gasteiger partial charge >= 0.3 is 5.97 Å². The molecule has 5 rings (SSSR count). The van der Waals surface area contributed by atoms with Gasteiger partial charge in [0.2, 0.25) is 0 Å². The number of likely N-dealkylation sites (tertiary alicyclic amines) is 1. The number of carbonyl (C=O) groups is 1. The average molecular weight is 448 g/mol. The summed E-state index contributed by atoms with van der Waals surface area (Å²) in [5.41, 5.74) is 2.13. The van der Waals surface area contributed by atoms with Crippen LogP contribution in [0.25, 0.3) is 17.0 Å². The molecule has 3 heterocycles. The maximum absolute atomic E-state index is 11.0. The van der Waals surface area contributed by atoms with E-state index in [1.54, 1.807) is 0 Å². The van der Waals surface area contributed by atoms with E-state index in [1.807, 2.05) is 30.3 Å². The summed E-state index contributed by atoms with van der Waals surface area (Å²) >= 11 is 0. The molecule has 0 spiro atoms. The predicted octanol–water partition coefficient (Wildman–Crippen LogP) is 4.29. The van der Waals surface area contributed by atoms with E-state index in [1.165, 1.54) is 31.5 Å².